The van der Waals surface area contributed by atoms with Crippen LogP contribution in [0.4, 0.5) is 0 Å². The number of rotatable bonds is 5. The lowest BCUT2D eigenvalue weighted by Gasteiger charge is -2.41. The standard InChI is InChI=1S/C14H25N3S/c1-4-11(3)13-9-17(12(5-2)8-16-13)10-14-15-6-7-18-14/h6-7,11-13,16H,4-5,8-10H2,1-3H3. The van der Waals surface area contributed by atoms with Crippen molar-refractivity contribution in [1.29, 1.82) is 0 Å². The van der Waals surface area contributed by atoms with E-state index in [1.165, 1.54) is 17.8 Å². The zero-order valence-corrected chi connectivity index (χ0v) is 12.5. The number of piperazine rings is 1. The minimum Gasteiger partial charge on any atom is -0.311 e. The maximum atomic E-state index is 4.43. The van der Waals surface area contributed by atoms with Crippen LogP contribution in [0.5, 0.6) is 0 Å². The molecule has 4 heteroatoms. The number of nitrogens with zero attached hydrogens (tertiary/aromatic N) is 2. The minimum atomic E-state index is 0.637. The highest BCUT2D eigenvalue weighted by molar-refractivity contribution is 7.09. The molecule has 102 valence electrons. The van der Waals surface area contributed by atoms with Crippen LogP contribution in [0, 0.1) is 5.92 Å². The van der Waals surface area contributed by atoms with Crippen LogP contribution in [0.1, 0.15) is 38.6 Å². The van der Waals surface area contributed by atoms with Crippen molar-refractivity contribution in [3.8, 4) is 0 Å². The van der Waals surface area contributed by atoms with Gasteiger partial charge in [0.25, 0.3) is 0 Å². The summed E-state index contributed by atoms with van der Waals surface area (Å²) >= 11 is 1.77. The highest BCUT2D eigenvalue weighted by Crippen LogP contribution is 2.20. The lowest BCUT2D eigenvalue weighted by Crippen LogP contribution is -2.57. The largest absolute Gasteiger partial charge is 0.311 e. The van der Waals surface area contributed by atoms with Gasteiger partial charge >= 0.3 is 0 Å². The molecule has 0 spiro atoms. The van der Waals surface area contributed by atoms with E-state index in [2.05, 4.69) is 41.4 Å². The van der Waals surface area contributed by atoms with Crippen molar-refractivity contribution in [2.24, 2.45) is 5.92 Å². The summed E-state index contributed by atoms with van der Waals surface area (Å²) in [7, 11) is 0. The van der Waals surface area contributed by atoms with Gasteiger partial charge in [0, 0.05) is 36.8 Å². The second-order valence-electron chi connectivity index (χ2n) is 5.32. The third-order valence-corrected chi connectivity index (χ3v) is 4.95. The van der Waals surface area contributed by atoms with Gasteiger partial charge in [0.2, 0.25) is 0 Å². The Morgan fingerprint density at radius 3 is 3.00 bits per heavy atom. The molecule has 1 saturated heterocycles. The first-order valence-corrected chi connectivity index (χ1v) is 7.98. The van der Waals surface area contributed by atoms with Crippen molar-refractivity contribution in [3.63, 3.8) is 0 Å². The second kappa shape index (κ2) is 6.64. The van der Waals surface area contributed by atoms with Gasteiger partial charge in [0.1, 0.15) is 5.01 Å². The third-order valence-electron chi connectivity index (χ3n) is 4.19. The van der Waals surface area contributed by atoms with E-state index in [1.54, 1.807) is 11.3 Å². The Labute approximate surface area is 115 Å². The molecule has 18 heavy (non-hydrogen) atoms. The van der Waals surface area contributed by atoms with Crippen LogP contribution in [0.15, 0.2) is 11.6 Å². The van der Waals surface area contributed by atoms with Crippen LogP contribution in [0.25, 0.3) is 0 Å². The first-order valence-electron chi connectivity index (χ1n) is 7.10. The molecule has 2 heterocycles. The van der Waals surface area contributed by atoms with Gasteiger partial charge in [0.15, 0.2) is 0 Å². The lowest BCUT2D eigenvalue weighted by molar-refractivity contribution is 0.0992. The van der Waals surface area contributed by atoms with Crippen LogP contribution < -0.4 is 5.32 Å². The summed E-state index contributed by atoms with van der Waals surface area (Å²) in [4.78, 5) is 7.04. The molecule has 3 atom stereocenters. The number of hydrogen-bond acceptors (Lipinski definition) is 4. The van der Waals surface area contributed by atoms with Gasteiger partial charge < -0.3 is 5.32 Å². The number of aromatic nitrogens is 1. The predicted molar refractivity (Wildman–Crippen MR) is 77.8 cm³/mol. The average Bonchev–Trinajstić information content (AvgIpc) is 2.90. The lowest BCUT2D eigenvalue weighted by atomic mass is 9.95. The van der Waals surface area contributed by atoms with E-state index in [-0.39, 0.29) is 0 Å². The zero-order valence-electron chi connectivity index (χ0n) is 11.7. The normalized spacial score (nSPS) is 27.3. The summed E-state index contributed by atoms with van der Waals surface area (Å²) in [6.45, 7) is 10.2. The van der Waals surface area contributed by atoms with Crippen LogP contribution in [-0.2, 0) is 6.54 Å². The third kappa shape index (κ3) is 3.31. The fraction of sp³-hybridized carbons (Fsp3) is 0.786. The highest BCUT2D eigenvalue weighted by atomic mass is 32.1. The molecule has 3 nitrogen and oxygen atoms in total. The van der Waals surface area contributed by atoms with Gasteiger partial charge in [0.05, 0.1) is 6.54 Å². The average molecular weight is 267 g/mol. The summed E-state index contributed by atoms with van der Waals surface area (Å²) in [5, 5.41) is 7.04. The summed E-state index contributed by atoms with van der Waals surface area (Å²) in [5.74, 6) is 0.751. The van der Waals surface area contributed by atoms with Crippen LogP contribution in [-0.4, -0.2) is 35.1 Å². The summed E-state index contributed by atoms with van der Waals surface area (Å²) < 4.78 is 0. The molecule has 3 unspecified atom stereocenters. The van der Waals surface area contributed by atoms with Gasteiger partial charge in [-0.25, -0.2) is 4.98 Å². The molecule has 1 N–H and O–H groups in total. The molecule has 1 aromatic rings. The Balaban J connectivity index is 1.99. The van der Waals surface area contributed by atoms with Gasteiger partial charge in [-0.15, -0.1) is 11.3 Å². The fourth-order valence-electron chi connectivity index (χ4n) is 2.65. The molecule has 1 aromatic heterocycles. The van der Waals surface area contributed by atoms with Crippen LogP contribution in [0.3, 0.4) is 0 Å². The Morgan fingerprint density at radius 1 is 1.56 bits per heavy atom. The van der Waals surface area contributed by atoms with Crippen LogP contribution >= 0.6 is 11.3 Å². The van der Waals surface area contributed by atoms with Crippen molar-refractivity contribution < 1.29 is 0 Å². The highest BCUT2D eigenvalue weighted by Gasteiger charge is 2.29. The Kier molecular flexibility index (Phi) is 5.15. The van der Waals surface area contributed by atoms with Crippen LogP contribution in [0.2, 0.25) is 0 Å². The number of nitrogens with one attached hydrogen (secondary N) is 1. The Bertz CT molecular complexity index is 339. The summed E-state index contributed by atoms with van der Waals surface area (Å²) in [6.07, 6.45) is 4.38. The predicted octanol–water partition coefficient (Wildman–Crippen LogP) is 2.74. The summed E-state index contributed by atoms with van der Waals surface area (Å²) in [5.41, 5.74) is 0. The van der Waals surface area contributed by atoms with E-state index in [0.717, 1.165) is 25.6 Å². The van der Waals surface area contributed by atoms with Crippen molar-refractivity contribution in [2.75, 3.05) is 13.1 Å². The molecule has 0 radical (unpaired) electrons. The Hall–Kier alpha value is -0.450. The van der Waals surface area contributed by atoms with Gasteiger partial charge in [-0.1, -0.05) is 27.2 Å². The molecule has 1 aliphatic rings. The molecule has 0 aromatic carbocycles. The van der Waals surface area contributed by atoms with E-state index in [0.29, 0.717) is 12.1 Å². The Morgan fingerprint density at radius 2 is 2.39 bits per heavy atom. The summed E-state index contributed by atoms with van der Waals surface area (Å²) in [6, 6.07) is 1.30. The zero-order chi connectivity index (χ0) is 13.0. The maximum absolute atomic E-state index is 4.43. The minimum absolute atomic E-state index is 0.637. The monoisotopic (exact) mass is 267 g/mol. The molecule has 0 amide bonds. The topological polar surface area (TPSA) is 28.2 Å². The van der Waals surface area contributed by atoms with Crippen molar-refractivity contribution in [3.05, 3.63) is 16.6 Å². The maximum Gasteiger partial charge on any atom is 0.107 e. The van der Waals surface area contributed by atoms with Gasteiger partial charge in [-0.2, -0.15) is 0 Å². The molecule has 0 saturated carbocycles. The van der Waals surface area contributed by atoms with Gasteiger partial charge in [-0.05, 0) is 12.3 Å². The molecule has 1 fully saturated rings. The van der Waals surface area contributed by atoms with Crippen molar-refractivity contribution in [2.45, 2.75) is 52.2 Å². The number of hydrogen-bond donors (Lipinski definition) is 1. The SMILES string of the molecule is CCC(C)C1CN(Cc2nccs2)C(CC)CN1. The fourth-order valence-corrected chi connectivity index (χ4v) is 3.29. The molecule has 0 aliphatic carbocycles. The van der Waals surface area contributed by atoms with E-state index in [9.17, 15) is 0 Å². The molecular weight excluding hydrogens is 242 g/mol. The molecule has 2 rings (SSSR count). The first kappa shape index (κ1) is 14.0. The first-order chi connectivity index (χ1) is 8.74. The molecule has 0 bridgehead atoms. The van der Waals surface area contributed by atoms with E-state index >= 15 is 0 Å². The second-order valence-corrected chi connectivity index (χ2v) is 6.30. The van der Waals surface area contributed by atoms with E-state index in [1.807, 2.05) is 6.20 Å². The number of thiazole rings is 1. The molecular formula is C14H25N3S. The van der Waals surface area contributed by atoms with Crippen molar-refractivity contribution in [1.82, 2.24) is 15.2 Å². The van der Waals surface area contributed by atoms with E-state index in [4.69, 9.17) is 0 Å². The van der Waals surface area contributed by atoms with Gasteiger partial charge in [-0.3, -0.25) is 4.90 Å². The smallest absolute Gasteiger partial charge is 0.107 e. The quantitative estimate of drug-likeness (QED) is 0.889. The van der Waals surface area contributed by atoms with E-state index < -0.39 is 0 Å². The molecule has 1 aliphatic heterocycles. The van der Waals surface area contributed by atoms with Crippen molar-refractivity contribution >= 4 is 11.3 Å².